The zero-order valence-corrected chi connectivity index (χ0v) is 9.56. The quantitative estimate of drug-likeness (QED) is 0.640. The monoisotopic (exact) mass is 187 g/mol. The molecule has 2 heteroatoms. The van der Waals surface area contributed by atoms with Gasteiger partial charge in [-0.05, 0) is 25.3 Å². The Hall–Kier alpha value is -0.0800. The Balaban J connectivity index is 3.94. The number of hydrogen-bond donors (Lipinski definition) is 2. The van der Waals surface area contributed by atoms with Crippen LogP contribution in [-0.2, 0) is 0 Å². The van der Waals surface area contributed by atoms with Gasteiger partial charge in [-0.1, -0.05) is 34.1 Å². The number of likely N-dealkylation sites (N-methyl/N-ethyl adjacent to an activating group) is 1. The second-order valence-electron chi connectivity index (χ2n) is 4.08. The lowest BCUT2D eigenvalue weighted by Crippen LogP contribution is -2.41. The van der Waals surface area contributed by atoms with Gasteiger partial charge >= 0.3 is 0 Å². The second-order valence-corrected chi connectivity index (χ2v) is 4.08. The largest absolute Gasteiger partial charge is 0.389 e. The van der Waals surface area contributed by atoms with Crippen LogP contribution in [0.25, 0.3) is 0 Å². The fourth-order valence-corrected chi connectivity index (χ4v) is 1.49. The van der Waals surface area contributed by atoms with Gasteiger partial charge in [0.25, 0.3) is 0 Å². The van der Waals surface area contributed by atoms with E-state index in [2.05, 4.69) is 33.0 Å². The van der Waals surface area contributed by atoms with Crippen molar-refractivity contribution in [2.24, 2.45) is 5.92 Å². The van der Waals surface area contributed by atoms with E-state index in [1.807, 2.05) is 0 Å². The first-order chi connectivity index (χ1) is 6.08. The van der Waals surface area contributed by atoms with Crippen LogP contribution in [0, 0.1) is 5.92 Å². The normalized spacial score (nSPS) is 18.2. The Morgan fingerprint density at radius 1 is 1.31 bits per heavy atom. The van der Waals surface area contributed by atoms with Crippen LogP contribution in [0.3, 0.4) is 0 Å². The molecule has 0 fully saturated rings. The summed E-state index contributed by atoms with van der Waals surface area (Å²) in [6.45, 7) is 10.2. The van der Waals surface area contributed by atoms with Crippen molar-refractivity contribution >= 4 is 0 Å². The van der Waals surface area contributed by atoms with E-state index in [9.17, 15) is 5.11 Å². The van der Waals surface area contributed by atoms with Crippen LogP contribution >= 0.6 is 0 Å². The molecule has 0 bridgehead atoms. The average molecular weight is 187 g/mol. The molecule has 13 heavy (non-hydrogen) atoms. The van der Waals surface area contributed by atoms with Crippen LogP contribution in [0.2, 0.25) is 0 Å². The fourth-order valence-electron chi connectivity index (χ4n) is 1.49. The molecule has 2 nitrogen and oxygen atoms in total. The minimum atomic E-state index is -0.495. The summed E-state index contributed by atoms with van der Waals surface area (Å²) in [4.78, 5) is 0. The molecule has 0 aromatic carbocycles. The topological polar surface area (TPSA) is 32.3 Å². The minimum absolute atomic E-state index is 0.495. The SMILES string of the molecule is CCNCC(O)(CC)CC(C)CC. The maximum Gasteiger partial charge on any atom is 0.0771 e. The van der Waals surface area contributed by atoms with E-state index in [1.54, 1.807) is 0 Å². The minimum Gasteiger partial charge on any atom is -0.389 e. The zero-order valence-electron chi connectivity index (χ0n) is 9.56. The first-order valence-electron chi connectivity index (χ1n) is 5.51. The van der Waals surface area contributed by atoms with E-state index in [0.29, 0.717) is 5.92 Å². The zero-order chi connectivity index (χ0) is 10.3. The van der Waals surface area contributed by atoms with Crippen LogP contribution in [0.4, 0.5) is 0 Å². The van der Waals surface area contributed by atoms with E-state index >= 15 is 0 Å². The third-order valence-corrected chi connectivity index (χ3v) is 2.79. The summed E-state index contributed by atoms with van der Waals surface area (Å²) in [5.74, 6) is 0.614. The molecule has 2 atom stereocenters. The summed E-state index contributed by atoms with van der Waals surface area (Å²) in [5, 5.41) is 13.4. The van der Waals surface area contributed by atoms with Crippen molar-refractivity contribution in [2.75, 3.05) is 13.1 Å². The molecule has 0 radical (unpaired) electrons. The van der Waals surface area contributed by atoms with E-state index in [1.165, 1.54) is 0 Å². The summed E-state index contributed by atoms with van der Waals surface area (Å²) in [7, 11) is 0. The van der Waals surface area contributed by atoms with Gasteiger partial charge in [0.2, 0.25) is 0 Å². The van der Waals surface area contributed by atoms with Crippen LogP contribution in [-0.4, -0.2) is 23.8 Å². The van der Waals surface area contributed by atoms with Gasteiger partial charge in [0.1, 0.15) is 0 Å². The second kappa shape index (κ2) is 6.39. The van der Waals surface area contributed by atoms with Crippen molar-refractivity contribution in [3.05, 3.63) is 0 Å². The molecule has 2 unspecified atom stereocenters. The first-order valence-corrected chi connectivity index (χ1v) is 5.51. The molecule has 0 heterocycles. The third kappa shape index (κ3) is 5.27. The van der Waals surface area contributed by atoms with Crippen molar-refractivity contribution in [2.45, 2.75) is 52.6 Å². The Bertz CT molecular complexity index is 127. The molecule has 0 aromatic rings. The lowest BCUT2D eigenvalue weighted by atomic mass is 9.88. The lowest BCUT2D eigenvalue weighted by Gasteiger charge is -2.29. The van der Waals surface area contributed by atoms with E-state index < -0.39 is 5.60 Å². The van der Waals surface area contributed by atoms with Crippen molar-refractivity contribution in [3.63, 3.8) is 0 Å². The van der Waals surface area contributed by atoms with E-state index in [4.69, 9.17) is 0 Å². The smallest absolute Gasteiger partial charge is 0.0771 e. The summed E-state index contributed by atoms with van der Waals surface area (Å²) in [5.41, 5.74) is -0.495. The van der Waals surface area contributed by atoms with Gasteiger partial charge in [0.05, 0.1) is 5.60 Å². The number of aliphatic hydroxyl groups is 1. The molecule has 0 amide bonds. The Morgan fingerprint density at radius 3 is 2.31 bits per heavy atom. The molecule has 0 aliphatic rings. The molecular weight excluding hydrogens is 162 g/mol. The third-order valence-electron chi connectivity index (χ3n) is 2.79. The number of rotatable bonds is 7. The average Bonchev–Trinajstić information content (AvgIpc) is 2.14. The summed E-state index contributed by atoms with van der Waals surface area (Å²) < 4.78 is 0. The van der Waals surface area contributed by atoms with Crippen LogP contribution in [0.5, 0.6) is 0 Å². The van der Waals surface area contributed by atoms with Gasteiger partial charge in [0, 0.05) is 6.54 Å². The maximum atomic E-state index is 10.2. The van der Waals surface area contributed by atoms with E-state index in [-0.39, 0.29) is 0 Å². The van der Waals surface area contributed by atoms with E-state index in [0.717, 1.165) is 32.4 Å². The molecular formula is C11H25NO. The highest BCUT2D eigenvalue weighted by atomic mass is 16.3. The number of hydrogen-bond acceptors (Lipinski definition) is 2. The van der Waals surface area contributed by atoms with Gasteiger partial charge in [-0.15, -0.1) is 0 Å². The molecule has 0 aliphatic heterocycles. The van der Waals surface area contributed by atoms with Crippen LogP contribution < -0.4 is 5.32 Å². The number of nitrogens with one attached hydrogen (secondary N) is 1. The van der Waals surface area contributed by atoms with Gasteiger partial charge in [0.15, 0.2) is 0 Å². The fraction of sp³-hybridized carbons (Fsp3) is 1.00. The molecule has 0 saturated carbocycles. The Kier molecular flexibility index (Phi) is 6.35. The highest BCUT2D eigenvalue weighted by molar-refractivity contribution is 4.81. The predicted octanol–water partition coefficient (Wildman–Crippen LogP) is 2.17. The maximum absolute atomic E-state index is 10.2. The van der Waals surface area contributed by atoms with Crippen molar-refractivity contribution in [3.8, 4) is 0 Å². The van der Waals surface area contributed by atoms with Gasteiger partial charge in [-0.2, -0.15) is 0 Å². The van der Waals surface area contributed by atoms with Crippen molar-refractivity contribution in [1.29, 1.82) is 0 Å². The Morgan fingerprint density at radius 2 is 1.92 bits per heavy atom. The predicted molar refractivity (Wildman–Crippen MR) is 57.9 cm³/mol. The van der Waals surface area contributed by atoms with Crippen LogP contribution in [0.1, 0.15) is 47.0 Å². The van der Waals surface area contributed by atoms with Crippen molar-refractivity contribution < 1.29 is 5.11 Å². The molecule has 0 aliphatic carbocycles. The highest BCUT2D eigenvalue weighted by Gasteiger charge is 2.25. The summed E-state index contributed by atoms with van der Waals surface area (Å²) in [6.07, 6.45) is 2.89. The van der Waals surface area contributed by atoms with Gasteiger partial charge < -0.3 is 10.4 Å². The molecule has 2 N–H and O–H groups in total. The molecule has 0 spiro atoms. The standard InChI is InChI=1S/C11H25NO/c1-5-10(4)8-11(13,6-2)9-12-7-3/h10,12-13H,5-9H2,1-4H3. The van der Waals surface area contributed by atoms with Crippen molar-refractivity contribution in [1.82, 2.24) is 5.32 Å². The van der Waals surface area contributed by atoms with Gasteiger partial charge in [-0.3, -0.25) is 0 Å². The summed E-state index contributed by atoms with van der Waals surface area (Å²) >= 11 is 0. The lowest BCUT2D eigenvalue weighted by molar-refractivity contribution is 0.0143. The first kappa shape index (κ1) is 12.9. The molecule has 0 rings (SSSR count). The molecule has 0 saturated heterocycles. The van der Waals surface area contributed by atoms with Crippen LogP contribution in [0.15, 0.2) is 0 Å². The summed E-state index contributed by atoms with van der Waals surface area (Å²) in [6, 6.07) is 0. The Labute approximate surface area is 82.7 Å². The van der Waals surface area contributed by atoms with Gasteiger partial charge in [-0.25, -0.2) is 0 Å². The highest BCUT2D eigenvalue weighted by Crippen LogP contribution is 2.21. The molecule has 80 valence electrons. The molecule has 0 aromatic heterocycles.